The molecule has 0 unspecified atom stereocenters. The lowest BCUT2D eigenvalue weighted by atomic mass is 10.1. The van der Waals surface area contributed by atoms with Crippen LogP contribution in [-0.4, -0.2) is 20.9 Å². The number of aromatic nitrogens is 3. The second-order valence-electron chi connectivity index (χ2n) is 5.35. The van der Waals surface area contributed by atoms with Crippen molar-refractivity contribution in [2.75, 3.05) is 0 Å². The van der Waals surface area contributed by atoms with Crippen LogP contribution in [0.3, 0.4) is 0 Å². The maximum Gasteiger partial charge on any atom is 0.223 e. The first-order chi connectivity index (χ1) is 8.06. The van der Waals surface area contributed by atoms with Crippen LogP contribution in [0.1, 0.15) is 38.1 Å². The third-order valence-corrected chi connectivity index (χ3v) is 2.98. The Morgan fingerprint density at radius 3 is 2.76 bits per heavy atom. The fraction of sp³-hybridized carbons (Fsp3) is 0.750. The van der Waals surface area contributed by atoms with Crippen molar-refractivity contribution in [3.8, 4) is 0 Å². The van der Waals surface area contributed by atoms with Gasteiger partial charge in [-0.1, -0.05) is 19.1 Å². The molecule has 0 bridgehead atoms. The predicted molar refractivity (Wildman–Crippen MR) is 64.2 cm³/mol. The first-order valence-corrected chi connectivity index (χ1v) is 6.25. The van der Waals surface area contributed by atoms with Crippen LogP contribution in [0, 0.1) is 11.8 Å². The van der Waals surface area contributed by atoms with Crippen LogP contribution in [-0.2, 0) is 24.2 Å². The van der Waals surface area contributed by atoms with Crippen molar-refractivity contribution in [1.29, 1.82) is 0 Å². The van der Waals surface area contributed by atoms with Gasteiger partial charge in [-0.3, -0.25) is 4.79 Å². The van der Waals surface area contributed by atoms with Gasteiger partial charge in [0.25, 0.3) is 0 Å². The molecule has 5 heteroatoms. The monoisotopic (exact) mass is 236 g/mol. The van der Waals surface area contributed by atoms with E-state index in [2.05, 4.69) is 24.2 Å². The molecule has 1 aromatic rings. The molecule has 1 aliphatic carbocycles. The van der Waals surface area contributed by atoms with Gasteiger partial charge in [0, 0.05) is 6.54 Å². The molecule has 2 rings (SSSR count). The molecule has 0 atom stereocenters. The zero-order chi connectivity index (χ0) is 12.4. The number of carbonyl (C=O) groups excluding carboxylic acids is 1. The quantitative estimate of drug-likeness (QED) is 0.798. The number of carbonyl (C=O) groups is 1. The van der Waals surface area contributed by atoms with Gasteiger partial charge in [-0.2, -0.15) is 0 Å². The van der Waals surface area contributed by atoms with Gasteiger partial charge in [-0.15, -0.1) is 5.10 Å². The summed E-state index contributed by atoms with van der Waals surface area (Å²) in [6.07, 6.45) is 3.76. The van der Waals surface area contributed by atoms with E-state index in [0.29, 0.717) is 5.92 Å². The molecular weight excluding hydrogens is 216 g/mol. The number of hydrogen-bond donors (Lipinski definition) is 1. The van der Waals surface area contributed by atoms with Gasteiger partial charge in [-0.25, -0.2) is 4.68 Å². The number of rotatable bonds is 6. The fourth-order valence-corrected chi connectivity index (χ4v) is 1.98. The Labute approximate surface area is 101 Å². The lowest BCUT2D eigenvalue weighted by Crippen LogP contribution is -2.16. The molecule has 1 aromatic heterocycles. The molecule has 0 saturated heterocycles. The minimum atomic E-state index is -0.335. The Morgan fingerprint density at radius 2 is 2.24 bits per heavy atom. The SMILES string of the molecule is CC(C)Cn1nnc(CC(N)=O)c1CC1CC1. The average Bonchev–Trinajstić information content (AvgIpc) is 2.95. The van der Waals surface area contributed by atoms with Crippen LogP contribution < -0.4 is 5.73 Å². The average molecular weight is 236 g/mol. The minimum absolute atomic E-state index is 0.208. The lowest BCUT2D eigenvalue weighted by Gasteiger charge is -2.09. The highest BCUT2D eigenvalue weighted by Crippen LogP contribution is 2.33. The highest BCUT2D eigenvalue weighted by molar-refractivity contribution is 5.76. The van der Waals surface area contributed by atoms with Crippen molar-refractivity contribution in [3.63, 3.8) is 0 Å². The minimum Gasteiger partial charge on any atom is -0.369 e. The van der Waals surface area contributed by atoms with E-state index in [1.807, 2.05) is 4.68 Å². The van der Waals surface area contributed by atoms with E-state index in [1.165, 1.54) is 12.8 Å². The smallest absolute Gasteiger partial charge is 0.223 e. The number of nitrogens with two attached hydrogens (primary N) is 1. The fourth-order valence-electron chi connectivity index (χ4n) is 1.98. The number of amides is 1. The van der Waals surface area contributed by atoms with E-state index in [0.717, 1.165) is 30.3 Å². The molecule has 1 amide bonds. The summed E-state index contributed by atoms with van der Waals surface area (Å²) in [5.74, 6) is 0.945. The predicted octanol–water partition coefficient (Wildman–Crippen LogP) is 0.914. The van der Waals surface area contributed by atoms with Crippen molar-refractivity contribution < 1.29 is 4.79 Å². The van der Waals surface area contributed by atoms with Gasteiger partial charge in [0.15, 0.2) is 0 Å². The summed E-state index contributed by atoms with van der Waals surface area (Å²) < 4.78 is 1.95. The molecule has 1 saturated carbocycles. The molecule has 5 nitrogen and oxygen atoms in total. The molecule has 17 heavy (non-hydrogen) atoms. The van der Waals surface area contributed by atoms with Crippen molar-refractivity contribution in [1.82, 2.24) is 15.0 Å². The first kappa shape index (κ1) is 12.1. The van der Waals surface area contributed by atoms with E-state index in [4.69, 9.17) is 5.73 Å². The van der Waals surface area contributed by atoms with Gasteiger partial charge >= 0.3 is 0 Å². The van der Waals surface area contributed by atoms with Gasteiger partial charge < -0.3 is 5.73 Å². The third kappa shape index (κ3) is 3.28. The summed E-state index contributed by atoms with van der Waals surface area (Å²) in [4.78, 5) is 11.0. The summed E-state index contributed by atoms with van der Waals surface area (Å²) in [5, 5.41) is 8.25. The Bertz CT molecular complexity index is 407. The van der Waals surface area contributed by atoms with Gasteiger partial charge in [0.05, 0.1) is 17.8 Å². The van der Waals surface area contributed by atoms with Crippen LogP contribution in [0.2, 0.25) is 0 Å². The molecule has 0 aliphatic heterocycles. The first-order valence-electron chi connectivity index (χ1n) is 6.25. The molecule has 1 heterocycles. The summed E-state index contributed by atoms with van der Waals surface area (Å²) in [6, 6.07) is 0. The largest absolute Gasteiger partial charge is 0.369 e. The normalized spacial score (nSPS) is 15.5. The zero-order valence-electron chi connectivity index (χ0n) is 10.5. The van der Waals surface area contributed by atoms with Crippen LogP contribution in [0.25, 0.3) is 0 Å². The maximum atomic E-state index is 11.0. The number of primary amides is 1. The van der Waals surface area contributed by atoms with Crippen molar-refractivity contribution in [3.05, 3.63) is 11.4 Å². The van der Waals surface area contributed by atoms with Gasteiger partial charge in [-0.05, 0) is 31.1 Å². The molecule has 0 aromatic carbocycles. The Kier molecular flexibility index (Phi) is 3.45. The van der Waals surface area contributed by atoms with E-state index in [9.17, 15) is 4.79 Å². The summed E-state index contributed by atoms with van der Waals surface area (Å²) >= 11 is 0. The number of nitrogens with zero attached hydrogens (tertiary/aromatic N) is 3. The molecule has 1 fully saturated rings. The lowest BCUT2D eigenvalue weighted by molar-refractivity contribution is -0.117. The van der Waals surface area contributed by atoms with E-state index < -0.39 is 0 Å². The maximum absolute atomic E-state index is 11.0. The molecular formula is C12H20N4O. The van der Waals surface area contributed by atoms with Crippen LogP contribution in [0.5, 0.6) is 0 Å². The van der Waals surface area contributed by atoms with Crippen molar-refractivity contribution in [2.24, 2.45) is 17.6 Å². The van der Waals surface area contributed by atoms with E-state index in [-0.39, 0.29) is 12.3 Å². The van der Waals surface area contributed by atoms with Gasteiger partial charge in [0.2, 0.25) is 5.91 Å². The number of hydrogen-bond acceptors (Lipinski definition) is 3. The van der Waals surface area contributed by atoms with Gasteiger partial charge in [0.1, 0.15) is 0 Å². The molecule has 1 aliphatic rings. The Balaban J connectivity index is 2.18. The second-order valence-corrected chi connectivity index (χ2v) is 5.35. The van der Waals surface area contributed by atoms with Crippen molar-refractivity contribution in [2.45, 2.75) is 46.1 Å². The van der Waals surface area contributed by atoms with E-state index in [1.54, 1.807) is 0 Å². The third-order valence-electron chi connectivity index (χ3n) is 2.98. The van der Waals surface area contributed by atoms with E-state index >= 15 is 0 Å². The highest BCUT2D eigenvalue weighted by Gasteiger charge is 2.26. The van der Waals surface area contributed by atoms with Crippen LogP contribution in [0.4, 0.5) is 0 Å². The Morgan fingerprint density at radius 1 is 1.53 bits per heavy atom. The summed E-state index contributed by atoms with van der Waals surface area (Å²) in [7, 11) is 0. The molecule has 0 spiro atoms. The zero-order valence-corrected chi connectivity index (χ0v) is 10.5. The standard InChI is InChI=1S/C12H20N4O/c1-8(2)7-16-11(5-9-3-4-9)10(14-15-16)6-12(13)17/h8-9H,3-7H2,1-2H3,(H2,13,17). The molecule has 0 radical (unpaired) electrons. The van der Waals surface area contributed by atoms with Crippen LogP contribution in [0.15, 0.2) is 0 Å². The summed E-state index contributed by atoms with van der Waals surface area (Å²) in [5.41, 5.74) is 7.11. The molecule has 2 N–H and O–H groups in total. The van der Waals surface area contributed by atoms with Crippen LogP contribution >= 0.6 is 0 Å². The Hall–Kier alpha value is -1.39. The second kappa shape index (κ2) is 4.85. The molecule has 94 valence electrons. The topological polar surface area (TPSA) is 73.8 Å². The van der Waals surface area contributed by atoms with Crippen molar-refractivity contribution >= 4 is 5.91 Å². The summed E-state index contributed by atoms with van der Waals surface area (Å²) in [6.45, 7) is 5.15. The highest BCUT2D eigenvalue weighted by atomic mass is 16.1.